The van der Waals surface area contributed by atoms with Gasteiger partial charge in [0, 0.05) is 18.7 Å². The molecule has 0 aliphatic carbocycles. The maximum Gasteiger partial charge on any atom is 0.293 e. The van der Waals surface area contributed by atoms with Gasteiger partial charge in [0.2, 0.25) is 5.76 Å². The Bertz CT molecular complexity index is 774. The highest BCUT2D eigenvalue weighted by atomic mass is 16.6. The van der Waals surface area contributed by atoms with Crippen LogP contribution in [0.15, 0.2) is 54.3 Å². The van der Waals surface area contributed by atoms with Crippen LogP contribution in [-0.4, -0.2) is 23.9 Å². The number of para-hydroxylation sites is 2. The number of rotatable bonds is 4. The van der Waals surface area contributed by atoms with Crippen molar-refractivity contribution in [1.82, 2.24) is 4.90 Å². The Morgan fingerprint density at radius 1 is 0.917 bits per heavy atom. The summed E-state index contributed by atoms with van der Waals surface area (Å²) in [7, 11) is 0. The van der Waals surface area contributed by atoms with Gasteiger partial charge < -0.3 is 14.4 Å². The van der Waals surface area contributed by atoms with Gasteiger partial charge in [-0.05, 0) is 32.9 Å². The van der Waals surface area contributed by atoms with Gasteiger partial charge in [-0.1, -0.05) is 42.0 Å². The molecule has 0 fully saturated rings. The number of hydrogen-bond acceptors (Lipinski definition) is 3. The van der Waals surface area contributed by atoms with E-state index in [4.69, 9.17) is 9.47 Å². The number of aryl methyl sites for hydroxylation is 1. The molecule has 0 bridgehead atoms. The van der Waals surface area contributed by atoms with Gasteiger partial charge in [0.25, 0.3) is 5.91 Å². The summed E-state index contributed by atoms with van der Waals surface area (Å²) in [5.74, 6) is 1.71. The molecular formula is C20H21NO3. The number of ether oxygens (including phenoxy) is 2. The molecule has 1 amide bonds. The van der Waals surface area contributed by atoms with Crippen LogP contribution in [0.2, 0.25) is 0 Å². The molecule has 4 nitrogen and oxygen atoms in total. The predicted molar refractivity (Wildman–Crippen MR) is 93.7 cm³/mol. The Hall–Kier alpha value is -2.75. The molecule has 24 heavy (non-hydrogen) atoms. The average Bonchev–Trinajstić information content (AvgIpc) is 2.62. The summed E-state index contributed by atoms with van der Waals surface area (Å²) < 4.78 is 12.0. The number of benzene rings is 2. The van der Waals surface area contributed by atoms with E-state index in [-0.39, 0.29) is 11.7 Å². The van der Waals surface area contributed by atoms with Crippen molar-refractivity contribution >= 4 is 11.7 Å². The second kappa shape index (κ2) is 6.79. The highest BCUT2D eigenvalue weighted by molar-refractivity contribution is 5.99. The van der Waals surface area contributed by atoms with E-state index < -0.39 is 0 Å². The van der Waals surface area contributed by atoms with Gasteiger partial charge in [-0.15, -0.1) is 0 Å². The van der Waals surface area contributed by atoms with E-state index in [0.29, 0.717) is 30.3 Å². The Kier molecular flexibility index (Phi) is 4.56. The van der Waals surface area contributed by atoms with Crippen LogP contribution in [0.4, 0.5) is 0 Å². The van der Waals surface area contributed by atoms with Crippen LogP contribution < -0.4 is 9.47 Å². The minimum absolute atomic E-state index is 0.162. The van der Waals surface area contributed by atoms with Gasteiger partial charge in [0.1, 0.15) is 0 Å². The van der Waals surface area contributed by atoms with Crippen molar-refractivity contribution in [1.29, 1.82) is 0 Å². The molecule has 0 unspecified atom stereocenters. The molecule has 0 atom stereocenters. The Labute approximate surface area is 142 Å². The number of nitrogens with zero attached hydrogens (tertiary/aromatic N) is 1. The lowest BCUT2D eigenvalue weighted by Gasteiger charge is -2.26. The fourth-order valence-electron chi connectivity index (χ4n) is 2.62. The van der Waals surface area contributed by atoms with E-state index >= 15 is 0 Å². The zero-order valence-electron chi connectivity index (χ0n) is 14.2. The second-order valence-electron chi connectivity index (χ2n) is 5.65. The van der Waals surface area contributed by atoms with E-state index in [2.05, 4.69) is 0 Å². The summed E-state index contributed by atoms with van der Waals surface area (Å²) in [5.41, 5.74) is 1.97. The molecule has 0 saturated carbocycles. The zero-order chi connectivity index (χ0) is 17.1. The minimum Gasteiger partial charge on any atom is -0.449 e. The Morgan fingerprint density at radius 3 is 2.08 bits per heavy atom. The first-order chi connectivity index (χ1) is 11.6. The van der Waals surface area contributed by atoms with Crippen molar-refractivity contribution in [2.75, 3.05) is 13.1 Å². The van der Waals surface area contributed by atoms with Crippen LogP contribution in [0.5, 0.6) is 11.5 Å². The fourth-order valence-corrected chi connectivity index (χ4v) is 2.62. The smallest absolute Gasteiger partial charge is 0.293 e. The molecule has 0 aromatic heterocycles. The third kappa shape index (κ3) is 3.00. The number of carbonyl (C=O) groups excluding carboxylic acids is 1. The topological polar surface area (TPSA) is 38.8 Å². The molecule has 2 aromatic carbocycles. The van der Waals surface area contributed by atoms with Crippen molar-refractivity contribution < 1.29 is 14.3 Å². The number of fused-ring (bicyclic) bond motifs is 1. The van der Waals surface area contributed by atoms with Crippen LogP contribution in [0.1, 0.15) is 25.0 Å². The molecule has 4 heteroatoms. The predicted octanol–water partition coefficient (Wildman–Crippen LogP) is 4.00. The van der Waals surface area contributed by atoms with Crippen molar-refractivity contribution in [2.24, 2.45) is 0 Å². The molecule has 2 aromatic rings. The van der Waals surface area contributed by atoms with Crippen LogP contribution >= 0.6 is 0 Å². The number of hydrogen-bond donors (Lipinski definition) is 0. The molecule has 0 radical (unpaired) electrons. The van der Waals surface area contributed by atoms with Gasteiger partial charge in [-0.2, -0.15) is 0 Å². The van der Waals surface area contributed by atoms with Crippen molar-refractivity contribution in [2.45, 2.75) is 20.8 Å². The standard InChI is InChI=1S/C20H21NO3/c1-4-21(5-2)20(22)19-18(15-12-10-14(3)11-13-15)23-16-8-6-7-9-17(16)24-19/h6-13H,4-5H2,1-3H3. The molecular weight excluding hydrogens is 302 g/mol. The fraction of sp³-hybridized carbons (Fsp3) is 0.250. The first kappa shape index (κ1) is 16.1. The third-order valence-electron chi connectivity index (χ3n) is 4.04. The molecule has 1 heterocycles. The Balaban J connectivity index is 2.09. The van der Waals surface area contributed by atoms with Gasteiger partial charge >= 0.3 is 0 Å². The molecule has 124 valence electrons. The maximum atomic E-state index is 12.9. The van der Waals surface area contributed by atoms with Gasteiger partial charge in [-0.3, -0.25) is 4.79 Å². The molecule has 0 saturated heterocycles. The Morgan fingerprint density at radius 2 is 1.50 bits per heavy atom. The van der Waals surface area contributed by atoms with Gasteiger partial charge in [-0.25, -0.2) is 0 Å². The lowest BCUT2D eigenvalue weighted by Crippen LogP contribution is -2.35. The molecule has 0 N–H and O–H groups in total. The van der Waals surface area contributed by atoms with Crippen molar-refractivity contribution in [3.8, 4) is 11.5 Å². The number of likely N-dealkylation sites (N-methyl/N-ethyl adjacent to an activating group) is 1. The minimum atomic E-state index is -0.162. The molecule has 1 aliphatic rings. The van der Waals surface area contributed by atoms with E-state index in [1.54, 1.807) is 11.0 Å². The highest BCUT2D eigenvalue weighted by Crippen LogP contribution is 2.38. The normalized spacial score (nSPS) is 13.0. The molecule has 1 aliphatic heterocycles. The quantitative estimate of drug-likeness (QED) is 0.853. The summed E-state index contributed by atoms with van der Waals surface area (Å²) in [5, 5.41) is 0. The van der Waals surface area contributed by atoms with Gasteiger partial charge in [0.15, 0.2) is 17.3 Å². The summed E-state index contributed by atoms with van der Waals surface area (Å²) >= 11 is 0. The zero-order valence-corrected chi connectivity index (χ0v) is 14.2. The molecule has 3 rings (SSSR count). The summed E-state index contributed by atoms with van der Waals surface area (Å²) in [6, 6.07) is 15.2. The lowest BCUT2D eigenvalue weighted by atomic mass is 10.1. The van der Waals surface area contributed by atoms with E-state index in [9.17, 15) is 4.79 Å². The monoisotopic (exact) mass is 323 g/mol. The second-order valence-corrected chi connectivity index (χ2v) is 5.65. The van der Waals surface area contributed by atoms with Gasteiger partial charge in [0.05, 0.1) is 0 Å². The molecule has 0 spiro atoms. The third-order valence-corrected chi connectivity index (χ3v) is 4.04. The maximum absolute atomic E-state index is 12.9. The SMILES string of the molecule is CCN(CC)C(=O)C1=C(c2ccc(C)cc2)Oc2ccccc2O1. The van der Waals surface area contributed by atoms with Crippen LogP contribution in [0, 0.1) is 6.92 Å². The van der Waals surface area contributed by atoms with E-state index in [1.165, 1.54) is 0 Å². The summed E-state index contributed by atoms with van der Waals surface area (Å²) in [6.07, 6.45) is 0. The van der Waals surface area contributed by atoms with Crippen LogP contribution in [0.3, 0.4) is 0 Å². The summed E-state index contributed by atoms with van der Waals surface area (Å²) in [4.78, 5) is 14.6. The van der Waals surface area contributed by atoms with Crippen LogP contribution in [-0.2, 0) is 4.79 Å². The number of carbonyl (C=O) groups is 1. The average molecular weight is 323 g/mol. The van der Waals surface area contributed by atoms with Crippen molar-refractivity contribution in [3.63, 3.8) is 0 Å². The first-order valence-electron chi connectivity index (χ1n) is 8.19. The largest absolute Gasteiger partial charge is 0.449 e. The van der Waals surface area contributed by atoms with Crippen LogP contribution in [0.25, 0.3) is 5.76 Å². The first-order valence-corrected chi connectivity index (χ1v) is 8.19. The van der Waals surface area contributed by atoms with E-state index in [0.717, 1.165) is 11.1 Å². The highest BCUT2D eigenvalue weighted by Gasteiger charge is 2.30. The van der Waals surface area contributed by atoms with E-state index in [1.807, 2.05) is 63.2 Å². The lowest BCUT2D eigenvalue weighted by molar-refractivity contribution is -0.129. The number of amides is 1. The summed E-state index contributed by atoms with van der Waals surface area (Å²) in [6.45, 7) is 7.15. The van der Waals surface area contributed by atoms with Crippen molar-refractivity contribution in [3.05, 3.63) is 65.4 Å².